The fraction of sp³-hybridized carbons (Fsp3) is 0.321. The molecule has 2 aromatic heterocycles. The van der Waals surface area contributed by atoms with Crippen LogP contribution in [0.2, 0.25) is 0 Å². The molecule has 6 atom stereocenters. The van der Waals surface area contributed by atoms with Crippen molar-refractivity contribution >= 4 is 39.1 Å². The maximum Gasteiger partial charge on any atom is 0.362 e. The summed E-state index contributed by atoms with van der Waals surface area (Å²) in [6, 6.07) is 15.4. The van der Waals surface area contributed by atoms with Gasteiger partial charge in [0.2, 0.25) is 5.91 Å². The van der Waals surface area contributed by atoms with Gasteiger partial charge in [0, 0.05) is 6.42 Å². The van der Waals surface area contributed by atoms with Crippen LogP contribution in [0.25, 0.3) is 11.2 Å². The molecule has 1 saturated heterocycles. The Morgan fingerprint density at radius 1 is 0.956 bits per heavy atom. The summed E-state index contributed by atoms with van der Waals surface area (Å²) in [6.07, 6.45) is -3.02. The summed E-state index contributed by atoms with van der Waals surface area (Å²) in [5.41, 5.74) is 13.8. The fourth-order valence-electron chi connectivity index (χ4n) is 4.83. The van der Waals surface area contributed by atoms with E-state index in [0.29, 0.717) is 5.56 Å². The van der Waals surface area contributed by atoms with E-state index < -0.39 is 65.3 Å². The average Bonchev–Trinajstić information content (AvgIpc) is 3.57. The number of anilines is 1. The summed E-state index contributed by atoms with van der Waals surface area (Å²) in [7, 11) is -4.77. The lowest BCUT2D eigenvalue weighted by atomic mass is 10.0. The zero-order valence-corrected chi connectivity index (χ0v) is 24.5. The molecule has 2 aromatic carbocycles. The first-order valence-electron chi connectivity index (χ1n) is 13.8. The Labute approximate surface area is 257 Å². The van der Waals surface area contributed by atoms with Crippen molar-refractivity contribution in [2.45, 2.75) is 49.5 Å². The van der Waals surface area contributed by atoms with Gasteiger partial charge in [0.15, 0.2) is 17.7 Å². The molecule has 0 aliphatic carbocycles. The third kappa shape index (κ3) is 7.59. The number of aliphatic hydroxyl groups is 2. The van der Waals surface area contributed by atoms with Crippen LogP contribution in [0.15, 0.2) is 73.3 Å². The molecule has 238 valence electrons. The number of imidazole rings is 1. The zero-order chi connectivity index (χ0) is 32.1. The quantitative estimate of drug-likeness (QED) is 0.106. The highest BCUT2D eigenvalue weighted by molar-refractivity contribution is 7.85. The molecule has 4 aromatic rings. The number of nitrogens with one attached hydrogen (secondary N) is 2. The molecule has 1 fully saturated rings. The van der Waals surface area contributed by atoms with Crippen molar-refractivity contribution in [3.05, 3.63) is 84.4 Å². The summed E-state index contributed by atoms with van der Waals surface area (Å²) in [5, 5.41) is 23.7. The second-order valence-electron chi connectivity index (χ2n) is 10.4. The molecule has 5 rings (SSSR count). The zero-order valence-electron chi connectivity index (χ0n) is 23.7. The molecule has 0 unspecified atom stereocenters. The molecule has 45 heavy (non-hydrogen) atoms. The van der Waals surface area contributed by atoms with Gasteiger partial charge in [-0.15, -0.1) is 0 Å². The molecule has 0 saturated carbocycles. The van der Waals surface area contributed by atoms with Crippen molar-refractivity contribution in [3.63, 3.8) is 0 Å². The maximum atomic E-state index is 13.2. The minimum atomic E-state index is -4.77. The van der Waals surface area contributed by atoms with E-state index in [1.165, 1.54) is 17.2 Å². The first-order chi connectivity index (χ1) is 21.5. The van der Waals surface area contributed by atoms with Crippen LogP contribution >= 0.6 is 0 Å². The van der Waals surface area contributed by atoms with E-state index in [-0.39, 0.29) is 29.8 Å². The van der Waals surface area contributed by atoms with Crippen molar-refractivity contribution in [2.24, 2.45) is 5.73 Å². The van der Waals surface area contributed by atoms with Crippen LogP contribution in [0.3, 0.4) is 0 Å². The van der Waals surface area contributed by atoms with E-state index in [1.807, 2.05) is 6.07 Å². The van der Waals surface area contributed by atoms with Gasteiger partial charge in [-0.1, -0.05) is 60.7 Å². The molecule has 0 spiro atoms. The Kier molecular flexibility index (Phi) is 9.66. The first kappa shape index (κ1) is 31.9. The smallest absolute Gasteiger partial charge is 0.362 e. The number of carbonyl (C=O) groups is 2. The van der Waals surface area contributed by atoms with Crippen molar-refractivity contribution in [2.75, 3.05) is 12.3 Å². The molecular weight excluding hydrogens is 608 g/mol. The molecular formula is C28H32N8O8S. The minimum Gasteiger partial charge on any atom is -0.387 e. The number of nitrogens with zero attached hydrogens (tertiary/aromatic N) is 4. The molecule has 17 heteroatoms. The van der Waals surface area contributed by atoms with E-state index in [4.69, 9.17) is 20.4 Å². The van der Waals surface area contributed by atoms with Gasteiger partial charge in [-0.25, -0.2) is 19.7 Å². The predicted octanol–water partition coefficient (Wildman–Crippen LogP) is -1.30. The molecule has 1 aliphatic rings. The van der Waals surface area contributed by atoms with Gasteiger partial charge in [0.1, 0.15) is 36.2 Å². The normalized spacial score (nSPS) is 21.3. The number of nitrogen functional groups attached to an aromatic ring is 1. The molecule has 3 heterocycles. The molecule has 0 radical (unpaired) electrons. The number of benzene rings is 2. The number of fused-ring (bicyclic) bond motifs is 1. The Morgan fingerprint density at radius 3 is 2.27 bits per heavy atom. The summed E-state index contributed by atoms with van der Waals surface area (Å²) >= 11 is 0. The SMILES string of the molecule is Nc1ncnc2c1ncn2[C@@H]1O[C@H](COS(=O)(=O)NC(=O)[C@H](Cc2ccccc2)NC(=O)[C@@H](N)Cc2ccccc2)[C@@H](O)[C@H]1O. The van der Waals surface area contributed by atoms with Gasteiger partial charge in [-0.2, -0.15) is 8.42 Å². The summed E-state index contributed by atoms with van der Waals surface area (Å²) < 4.78 is 39.3. The highest BCUT2D eigenvalue weighted by Gasteiger charge is 2.45. The lowest BCUT2D eigenvalue weighted by Gasteiger charge is -2.21. The lowest BCUT2D eigenvalue weighted by molar-refractivity contribution is -0.128. The van der Waals surface area contributed by atoms with Crippen LogP contribution < -0.4 is 21.5 Å². The number of amides is 2. The Balaban J connectivity index is 1.23. The fourth-order valence-corrected chi connectivity index (χ4v) is 5.59. The van der Waals surface area contributed by atoms with E-state index in [2.05, 4.69) is 20.3 Å². The second-order valence-corrected chi connectivity index (χ2v) is 11.7. The summed E-state index contributed by atoms with van der Waals surface area (Å²) in [4.78, 5) is 38.1. The molecule has 8 N–H and O–H groups in total. The van der Waals surface area contributed by atoms with E-state index in [0.717, 1.165) is 5.56 Å². The van der Waals surface area contributed by atoms with Gasteiger partial charge in [0.05, 0.1) is 19.0 Å². The topological polar surface area (TPSA) is 247 Å². The molecule has 0 bridgehead atoms. The van der Waals surface area contributed by atoms with Crippen LogP contribution in [0.1, 0.15) is 17.4 Å². The minimum absolute atomic E-state index is 0.0444. The Bertz CT molecular complexity index is 1740. The first-order valence-corrected chi connectivity index (χ1v) is 15.2. The largest absolute Gasteiger partial charge is 0.387 e. The highest BCUT2D eigenvalue weighted by atomic mass is 32.2. The maximum absolute atomic E-state index is 13.2. The van der Waals surface area contributed by atoms with Gasteiger partial charge in [0.25, 0.3) is 5.91 Å². The van der Waals surface area contributed by atoms with E-state index in [1.54, 1.807) is 59.3 Å². The summed E-state index contributed by atoms with van der Waals surface area (Å²) in [5.74, 6) is -1.64. The molecule has 2 amide bonds. The highest BCUT2D eigenvalue weighted by Crippen LogP contribution is 2.32. The Morgan fingerprint density at radius 2 is 1.60 bits per heavy atom. The number of hydrogen-bond donors (Lipinski definition) is 6. The summed E-state index contributed by atoms with van der Waals surface area (Å²) in [6.45, 7) is -0.765. The third-order valence-corrected chi connectivity index (χ3v) is 8.06. The van der Waals surface area contributed by atoms with Crippen molar-refractivity contribution < 1.29 is 37.1 Å². The van der Waals surface area contributed by atoms with Gasteiger partial charge in [-0.3, -0.25) is 18.3 Å². The standard InChI is InChI=1S/C28H32N8O8S/c29-18(11-16-7-3-1-4-8-16)26(39)34-19(12-17-9-5-2-6-10-17)27(40)35-45(41,42)43-13-20-22(37)23(38)28(44-20)36-15-33-21-24(30)31-14-32-25(21)36/h1-10,14-15,18-20,22-23,28,37-38H,11-13,29H2,(H,34,39)(H,35,40)(H2,30,31,32)/t18-,19-,20+,22+,23+,28+/m0/s1. The van der Waals surface area contributed by atoms with E-state index in [9.17, 15) is 28.2 Å². The number of hydrogen-bond acceptors (Lipinski definition) is 13. The second kappa shape index (κ2) is 13.6. The van der Waals surface area contributed by atoms with Crippen LogP contribution in [0.5, 0.6) is 0 Å². The van der Waals surface area contributed by atoms with Crippen LogP contribution in [-0.4, -0.2) is 87.0 Å². The number of rotatable bonds is 12. The average molecular weight is 641 g/mol. The van der Waals surface area contributed by atoms with Crippen molar-refractivity contribution in [3.8, 4) is 0 Å². The monoisotopic (exact) mass is 640 g/mol. The molecule has 16 nitrogen and oxygen atoms in total. The predicted molar refractivity (Wildman–Crippen MR) is 159 cm³/mol. The number of nitrogens with two attached hydrogens (primary N) is 2. The number of carbonyl (C=O) groups excluding carboxylic acids is 2. The van der Waals surface area contributed by atoms with Crippen molar-refractivity contribution in [1.82, 2.24) is 29.6 Å². The lowest BCUT2D eigenvalue weighted by Crippen LogP contribution is -2.54. The number of aromatic nitrogens is 4. The van der Waals surface area contributed by atoms with Crippen LogP contribution in [0.4, 0.5) is 5.82 Å². The Hall–Kier alpha value is -4.52. The van der Waals surface area contributed by atoms with Gasteiger partial charge >= 0.3 is 10.3 Å². The third-order valence-electron chi connectivity index (χ3n) is 7.16. The van der Waals surface area contributed by atoms with Crippen molar-refractivity contribution in [1.29, 1.82) is 0 Å². The van der Waals surface area contributed by atoms with E-state index >= 15 is 0 Å². The number of ether oxygens (including phenoxy) is 1. The van der Waals surface area contributed by atoms with Crippen LogP contribution in [-0.2, 0) is 41.7 Å². The number of aliphatic hydroxyl groups excluding tert-OH is 2. The van der Waals surface area contributed by atoms with Gasteiger partial charge in [-0.05, 0) is 17.5 Å². The molecule has 1 aliphatic heterocycles. The van der Waals surface area contributed by atoms with Gasteiger partial charge < -0.3 is 31.7 Å². The van der Waals surface area contributed by atoms with Crippen LogP contribution in [0, 0.1) is 0 Å².